The zero-order valence-electron chi connectivity index (χ0n) is 25.1. The molecule has 1 aliphatic heterocycles. The summed E-state index contributed by atoms with van der Waals surface area (Å²) < 4.78 is 6.91. The second-order valence-corrected chi connectivity index (χ2v) is 16.9. The standard InChI is InChI=1S/C41H36OP2/c1-41(2)33-25-15-27-35(43(29-17-7-3-8-18-29)30-19-9-4-10-20-30)37(33)39-40(42-39)38-34(41)26-16-28-36(38)44(31-21-11-5-12-22-31)32-23-13-6-14-24-32/h3-28,33,37,39-40H,1-2H3. The molecule has 1 saturated heterocycles. The molecule has 5 aromatic carbocycles. The number of ether oxygens (including phenoxy) is 1. The van der Waals surface area contributed by atoms with Crippen LogP contribution >= 0.6 is 15.8 Å². The van der Waals surface area contributed by atoms with E-state index in [9.17, 15) is 0 Å². The lowest BCUT2D eigenvalue weighted by molar-refractivity contribution is 0.235. The van der Waals surface area contributed by atoms with Crippen LogP contribution < -0.4 is 26.5 Å². The van der Waals surface area contributed by atoms with Crippen molar-refractivity contribution in [2.45, 2.75) is 31.5 Å². The Labute approximate surface area is 263 Å². The van der Waals surface area contributed by atoms with Crippen molar-refractivity contribution in [3.63, 3.8) is 0 Å². The van der Waals surface area contributed by atoms with Gasteiger partial charge in [-0.3, -0.25) is 0 Å². The SMILES string of the molecule is CC1(C)c2cccc(P(c3ccccc3)c3ccccc3)c2C2OC2C2C(P(c3ccccc3)c3ccccc3)=CC=CC21. The first-order valence-corrected chi connectivity index (χ1v) is 18.3. The fourth-order valence-corrected chi connectivity index (χ4v) is 12.8. The minimum absolute atomic E-state index is 0.0639. The zero-order valence-corrected chi connectivity index (χ0v) is 26.9. The van der Waals surface area contributed by atoms with E-state index in [-0.39, 0.29) is 17.6 Å². The lowest BCUT2D eigenvalue weighted by atomic mass is 9.66. The van der Waals surface area contributed by atoms with Gasteiger partial charge in [0.25, 0.3) is 0 Å². The predicted molar refractivity (Wildman–Crippen MR) is 189 cm³/mol. The van der Waals surface area contributed by atoms with E-state index in [0.29, 0.717) is 11.8 Å². The number of fused-ring (bicyclic) bond motifs is 5. The highest BCUT2D eigenvalue weighted by atomic mass is 31.1. The van der Waals surface area contributed by atoms with Crippen LogP contribution in [0.4, 0.5) is 0 Å². The Balaban J connectivity index is 1.29. The van der Waals surface area contributed by atoms with Crippen molar-refractivity contribution in [3.05, 3.63) is 174 Å². The third-order valence-electron chi connectivity index (χ3n) is 9.65. The summed E-state index contributed by atoms with van der Waals surface area (Å²) in [4.78, 5) is 0. The predicted octanol–water partition coefficient (Wildman–Crippen LogP) is 7.99. The molecule has 216 valence electrons. The van der Waals surface area contributed by atoms with Gasteiger partial charge in [-0.2, -0.15) is 0 Å². The molecule has 0 bridgehead atoms. The third-order valence-corrected chi connectivity index (χ3v) is 14.7. The maximum atomic E-state index is 6.91. The third kappa shape index (κ3) is 4.74. The number of epoxide rings is 1. The average molecular weight is 607 g/mol. The maximum absolute atomic E-state index is 6.91. The van der Waals surface area contributed by atoms with Crippen molar-refractivity contribution >= 4 is 42.4 Å². The first-order chi connectivity index (χ1) is 21.6. The van der Waals surface area contributed by atoms with Gasteiger partial charge in [0.15, 0.2) is 0 Å². The number of benzene rings is 5. The van der Waals surface area contributed by atoms with Gasteiger partial charge in [0.05, 0.1) is 6.10 Å². The topological polar surface area (TPSA) is 12.5 Å². The Hall–Kier alpha value is -3.60. The van der Waals surface area contributed by atoms with Crippen LogP contribution in [0.1, 0.15) is 31.1 Å². The molecule has 8 rings (SSSR count). The minimum atomic E-state index is -0.740. The molecular weight excluding hydrogens is 570 g/mol. The summed E-state index contributed by atoms with van der Waals surface area (Å²) in [6.07, 6.45) is 7.52. The van der Waals surface area contributed by atoms with Gasteiger partial charge in [-0.25, -0.2) is 0 Å². The Morgan fingerprint density at radius 2 is 1.07 bits per heavy atom. The molecule has 5 aromatic rings. The molecule has 0 radical (unpaired) electrons. The molecule has 1 fully saturated rings. The van der Waals surface area contributed by atoms with Crippen LogP contribution in [0, 0.1) is 11.8 Å². The van der Waals surface area contributed by atoms with Crippen LogP contribution in [0.3, 0.4) is 0 Å². The van der Waals surface area contributed by atoms with Gasteiger partial charge in [0.1, 0.15) is 6.10 Å². The van der Waals surface area contributed by atoms with Gasteiger partial charge in [-0.15, -0.1) is 0 Å². The van der Waals surface area contributed by atoms with Crippen molar-refractivity contribution < 1.29 is 4.74 Å². The van der Waals surface area contributed by atoms with E-state index < -0.39 is 15.8 Å². The molecule has 3 aliphatic rings. The molecule has 44 heavy (non-hydrogen) atoms. The molecule has 0 aromatic heterocycles. The Bertz CT molecular complexity index is 1750. The van der Waals surface area contributed by atoms with Crippen LogP contribution in [0.5, 0.6) is 0 Å². The van der Waals surface area contributed by atoms with Gasteiger partial charge in [-0.1, -0.05) is 172 Å². The molecule has 1 heterocycles. The molecule has 3 heteroatoms. The average Bonchev–Trinajstić information content (AvgIpc) is 3.88. The van der Waals surface area contributed by atoms with Gasteiger partial charge in [0, 0.05) is 5.92 Å². The van der Waals surface area contributed by atoms with Gasteiger partial charge < -0.3 is 4.74 Å². The minimum Gasteiger partial charge on any atom is -0.364 e. The van der Waals surface area contributed by atoms with Gasteiger partial charge in [0.2, 0.25) is 0 Å². The molecule has 4 atom stereocenters. The molecule has 0 saturated carbocycles. The number of hydrogen-bond acceptors (Lipinski definition) is 1. The summed E-state index contributed by atoms with van der Waals surface area (Å²) in [6.45, 7) is 4.96. The molecule has 1 nitrogen and oxygen atoms in total. The van der Waals surface area contributed by atoms with Crippen molar-refractivity contribution in [3.8, 4) is 0 Å². The normalized spacial score (nSPS) is 22.9. The van der Waals surface area contributed by atoms with Crippen molar-refractivity contribution in [2.75, 3.05) is 0 Å². The lowest BCUT2D eigenvalue weighted by Gasteiger charge is -2.42. The van der Waals surface area contributed by atoms with E-state index in [1.807, 2.05) is 0 Å². The van der Waals surface area contributed by atoms with Crippen molar-refractivity contribution in [2.24, 2.45) is 11.8 Å². The number of rotatable bonds is 6. The lowest BCUT2D eigenvalue weighted by Crippen LogP contribution is -2.38. The first-order valence-electron chi connectivity index (χ1n) is 15.6. The zero-order chi connectivity index (χ0) is 29.7. The number of hydrogen-bond donors (Lipinski definition) is 0. The molecule has 0 spiro atoms. The summed E-state index contributed by atoms with van der Waals surface area (Å²) in [5.41, 5.74) is 2.82. The second kappa shape index (κ2) is 11.4. The van der Waals surface area contributed by atoms with E-state index in [2.05, 4.69) is 172 Å². The van der Waals surface area contributed by atoms with Crippen LogP contribution in [0.15, 0.2) is 163 Å². The second-order valence-electron chi connectivity index (χ2n) is 12.5. The highest BCUT2D eigenvalue weighted by molar-refractivity contribution is 7.80. The van der Waals surface area contributed by atoms with E-state index >= 15 is 0 Å². The van der Waals surface area contributed by atoms with Gasteiger partial charge in [-0.05, 0) is 70.1 Å². The summed E-state index contributed by atoms with van der Waals surface area (Å²) in [5, 5.41) is 8.56. The van der Waals surface area contributed by atoms with E-state index in [1.54, 1.807) is 0 Å². The summed E-state index contributed by atoms with van der Waals surface area (Å²) in [5.74, 6) is 0.651. The van der Waals surface area contributed by atoms with Crippen molar-refractivity contribution in [1.29, 1.82) is 0 Å². The summed E-state index contributed by atoms with van der Waals surface area (Å²) in [7, 11) is -1.44. The van der Waals surface area contributed by atoms with Crippen LogP contribution in [-0.4, -0.2) is 6.10 Å². The maximum Gasteiger partial charge on any atom is 0.111 e. The molecule has 0 N–H and O–H groups in total. The quantitative estimate of drug-likeness (QED) is 0.141. The highest BCUT2D eigenvalue weighted by Crippen LogP contribution is 2.64. The van der Waals surface area contributed by atoms with Crippen LogP contribution in [0.25, 0.3) is 0 Å². The Morgan fingerprint density at radius 1 is 0.568 bits per heavy atom. The monoisotopic (exact) mass is 606 g/mol. The Kier molecular flexibility index (Phi) is 7.23. The van der Waals surface area contributed by atoms with Crippen LogP contribution in [-0.2, 0) is 10.2 Å². The number of allylic oxidation sites excluding steroid dienone is 3. The summed E-state index contributed by atoms with van der Waals surface area (Å²) in [6, 6.07) is 51.6. The first kappa shape index (κ1) is 27.9. The Morgan fingerprint density at radius 3 is 1.59 bits per heavy atom. The molecular formula is C41H36OP2. The molecule has 2 aliphatic carbocycles. The molecule has 0 amide bonds. The highest BCUT2D eigenvalue weighted by Gasteiger charge is 2.59. The van der Waals surface area contributed by atoms with Crippen molar-refractivity contribution in [1.82, 2.24) is 0 Å². The molecule has 4 unspecified atom stereocenters. The van der Waals surface area contributed by atoms with E-state index in [4.69, 9.17) is 4.74 Å². The van der Waals surface area contributed by atoms with E-state index in [0.717, 1.165) is 0 Å². The van der Waals surface area contributed by atoms with Gasteiger partial charge >= 0.3 is 0 Å². The summed E-state index contributed by atoms with van der Waals surface area (Å²) >= 11 is 0. The fourth-order valence-electron chi connectivity index (χ4n) is 7.57. The van der Waals surface area contributed by atoms with Crippen LogP contribution in [0.2, 0.25) is 0 Å². The largest absolute Gasteiger partial charge is 0.364 e. The smallest absolute Gasteiger partial charge is 0.111 e. The fraction of sp³-hybridized carbons (Fsp3) is 0.171. The van der Waals surface area contributed by atoms with E-state index in [1.165, 1.54) is 43.0 Å².